The lowest BCUT2D eigenvalue weighted by atomic mass is 9.96. The fourth-order valence-electron chi connectivity index (χ4n) is 3.48. The van der Waals surface area contributed by atoms with Crippen LogP contribution in [0, 0.1) is 6.92 Å². The van der Waals surface area contributed by atoms with Crippen molar-refractivity contribution in [2.24, 2.45) is 0 Å². The van der Waals surface area contributed by atoms with Gasteiger partial charge in [0.05, 0.1) is 0 Å². The van der Waals surface area contributed by atoms with E-state index < -0.39 is 0 Å². The van der Waals surface area contributed by atoms with E-state index in [2.05, 4.69) is 59.7 Å². The zero-order valence-electron chi connectivity index (χ0n) is 15.4. The number of nitrogens with two attached hydrogens (primary N) is 1. The van der Waals surface area contributed by atoms with Gasteiger partial charge in [-0.3, -0.25) is 4.98 Å². The molecule has 0 aliphatic heterocycles. The summed E-state index contributed by atoms with van der Waals surface area (Å²) in [5.74, 6) is 0.356. The number of phenols is 1. The van der Waals surface area contributed by atoms with Crippen LogP contribution in [0.2, 0.25) is 0 Å². The summed E-state index contributed by atoms with van der Waals surface area (Å²) < 4.78 is 0. The third-order valence-corrected chi connectivity index (χ3v) is 4.99. The minimum atomic E-state index is 0.356. The highest BCUT2D eigenvalue weighted by Crippen LogP contribution is 2.30. The van der Waals surface area contributed by atoms with Crippen LogP contribution in [0.3, 0.4) is 0 Å². The molecule has 0 saturated heterocycles. The van der Waals surface area contributed by atoms with E-state index in [1.54, 1.807) is 6.07 Å². The Morgan fingerprint density at radius 1 is 0.815 bits per heavy atom. The van der Waals surface area contributed by atoms with Gasteiger partial charge in [-0.15, -0.1) is 0 Å². The zero-order chi connectivity index (χ0) is 18.6. The molecule has 3 N–H and O–H groups in total. The summed E-state index contributed by atoms with van der Waals surface area (Å²) >= 11 is 0. The van der Waals surface area contributed by atoms with Crippen molar-refractivity contribution in [3.05, 3.63) is 95.8 Å². The Hall–Kier alpha value is -3.17. The van der Waals surface area contributed by atoms with Gasteiger partial charge < -0.3 is 10.4 Å². The average Bonchev–Trinajstić information content (AvgIpc) is 2.70. The Balaban J connectivity index is 1.62. The number of pyridine rings is 1. The molecule has 0 bridgehead atoms. The van der Waals surface area contributed by atoms with Crippen LogP contribution in [0.5, 0.6) is 5.75 Å². The predicted molar refractivity (Wildman–Crippen MR) is 109 cm³/mol. The highest BCUT2D eigenvalue weighted by molar-refractivity contribution is 5.97. The van der Waals surface area contributed by atoms with Crippen molar-refractivity contribution in [2.45, 2.75) is 20.0 Å². The first-order chi connectivity index (χ1) is 13.2. The van der Waals surface area contributed by atoms with Crippen molar-refractivity contribution in [1.82, 2.24) is 4.98 Å². The van der Waals surface area contributed by atoms with E-state index >= 15 is 0 Å². The number of aromatic nitrogens is 1. The van der Waals surface area contributed by atoms with Crippen LogP contribution >= 0.6 is 0 Å². The van der Waals surface area contributed by atoms with Gasteiger partial charge in [-0.2, -0.15) is 0 Å². The van der Waals surface area contributed by atoms with E-state index in [1.165, 1.54) is 33.0 Å². The van der Waals surface area contributed by atoms with Crippen LogP contribution in [-0.2, 0) is 13.1 Å². The fourth-order valence-corrected chi connectivity index (χ4v) is 3.48. The quantitative estimate of drug-likeness (QED) is 0.564. The maximum absolute atomic E-state index is 9.93. The van der Waals surface area contributed by atoms with Gasteiger partial charge in [0, 0.05) is 28.9 Å². The number of fused-ring (bicyclic) bond motifs is 1. The van der Waals surface area contributed by atoms with Gasteiger partial charge in [0.1, 0.15) is 18.8 Å². The average molecular weight is 355 g/mol. The number of rotatable bonds is 5. The molecule has 3 nitrogen and oxygen atoms in total. The molecule has 0 aliphatic carbocycles. The van der Waals surface area contributed by atoms with Crippen LogP contribution < -0.4 is 5.32 Å². The molecule has 0 fully saturated rings. The summed E-state index contributed by atoms with van der Waals surface area (Å²) in [5.41, 5.74) is 5.93. The predicted octanol–water partition coefficient (Wildman–Crippen LogP) is 4.18. The van der Waals surface area contributed by atoms with Crippen LogP contribution in [0.4, 0.5) is 0 Å². The summed E-state index contributed by atoms with van der Waals surface area (Å²) in [7, 11) is 0. The van der Waals surface area contributed by atoms with E-state index in [4.69, 9.17) is 0 Å². The second-order valence-electron chi connectivity index (χ2n) is 6.89. The Morgan fingerprint density at radius 3 is 2.41 bits per heavy atom. The van der Waals surface area contributed by atoms with E-state index in [9.17, 15) is 5.11 Å². The molecule has 0 aliphatic rings. The van der Waals surface area contributed by atoms with E-state index in [0.717, 1.165) is 18.7 Å². The van der Waals surface area contributed by atoms with E-state index in [-0.39, 0.29) is 0 Å². The minimum absolute atomic E-state index is 0.356. The standard InChI is InChI=1S/C24H22N2O/c1-17-6-8-18(9-7-17)21-11-10-19(23-16-25-13-12-22(21)23)14-26-15-20-4-2-3-5-24(20)27/h2-13,16,26-27H,14-15H2,1H3/p+1. The molecule has 27 heavy (non-hydrogen) atoms. The molecule has 3 heteroatoms. The molecule has 0 spiro atoms. The van der Waals surface area contributed by atoms with E-state index in [0.29, 0.717) is 5.75 Å². The molecule has 0 unspecified atom stereocenters. The van der Waals surface area contributed by atoms with E-state index in [1.807, 2.05) is 30.6 Å². The van der Waals surface area contributed by atoms with Crippen molar-refractivity contribution in [3.8, 4) is 16.9 Å². The van der Waals surface area contributed by atoms with Gasteiger partial charge in [-0.05, 0) is 41.6 Å². The first-order valence-corrected chi connectivity index (χ1v) is 9.23. The van der Waals surface area contributed by atoms with Gasteiger partial charge in [-0.1, -0.05) is 54.1 Å². The van der Waals surface area contributed by atoms with Crippen molar-refractivity contribution in [1.29, 1.82) is 0 Å². The second kappa shape index (κ2) is 7.60. The second-order valence-corrected chi connectivity index (χ2v) is 6.89. The molecule has 3 aromatic carbocycles. The summed E-state index contributed by atoms with van der Waals surface area (Å²) in [6.45, 7) is 3.69. The number of nitrogens with zero attached hydrogens (tertiary/aromatic N) is 1. The molecule has 4 rings (SSSR count). The third kappa shape index (κ3) is 3.69. The van der Waals surface area contributed by atoms with Crippen LogP contribution in [0.25, 0.3) is 21.9 Å². The number of quaternary nitrogens is 1. The number of hydrogen-bond acceptors (Lipinski definition) is 2. The Labute approximate surface area is 159 Å². The number of para-hydroxylation sites is 1. The van der Waals surface area contributed by atoms with Crippen LogP contribution in [-0.4, -0.2) is 10.1 Å². The lowest BCUT2D eigenvalue weighted by molar-refractivity contribution is -0.686. The molecule has 0 amide bonds. The monoisotopic (exact) mass is 355 g/mol. The molecule has 1 aromatic heterocycles. The van der Waals surface area contributed by atoms with Gasteiger partial charge in [-0.25, -0.2) is 0 Å². The first kappa shape index (κ1) is 17.3. The maximum atomic E-state index is 9.93. The number of benzene rings is 3. The van der Waals surface area contributed by atoms with Crippen molar-refractivity contribution in [2.75, 3.05) is 0 Å². The Kier molecular flexibility index (Phi) is 4.86. The molecule has 0 atom stereocenters. The van der Waals surface area contributed by atoms with Crippen molar-refractivity contribution in [3.63, 3.8) is 0 Å². The van der Waals surface area contributed by atoms with Gasteiger partial charge in [0.2, 0.25) is 0 Å². The molecule has 0 radical (unpaired) electrons. The largest absolute Gasteiger partial charge is 0.507 e. The summed E-state index contributed by atoms with van der Waals surface area (Å²) in [5, 5.41) is 14.6. The van der Waals surface area contributed by atoms with Gasteiger partial charge >= 0.3 is 0 Å². The number of aromatic hydroxyl groups is 1. The lowest BCUT2D eigenvalue weighted by Crippen LogP contribution is -2.80. The lowest BCUT2D eigenvalue weighted by Gasteiger charge is -2.11. The Morgan fingerprint density at radius 2 is 1.59 bits per heavy atom. The number of aryl methyl sites for hydroxylation is 1. The first-order valence-electron chi connectivity index (χ1n) is 9.23. The highest BCUT2D eigenvalue weighted by atomic mass is 16.3. The van der Waals surface area contributed by atoms with Gasteiger partial charge in [0.25, 0.3) is 0 Å². The number of hydrogen-bond donors (Lipinski definition) is 2. The molecular formula is C24H23N2O+. The van der Waals surface area contributed by atoms with Crippen LogP contribution in [0.1, 0.15) is 16.7 Å². The molecule has 4 aromatic rings. The molecule has 1 heterocycles. The smallest absolute Gasteiger partial charge is 0.124 e. The number of phenolic OH excluding ortho intramolecular Hbond substituents is 1. The summed E-state index contributed by atoms with van der Waals surface area (Å²) in [6, 6.07) is 22.6. The third-order valence-electron chi connectivity index (χ3n) is 4.99. The summed E-state index contributed by atoms with van der Waals surface area (Å²) in [6.07, 6.45) is 3.81. The molecule has 134 valence electrons. The Bertz CT molecular complexity index is 1070. The van der Waals surface area contributed by atoms with Crippen molar-refractivity contribution >= 4 is 10.8 Å². The normalized spacial score (nSPS) is 11.0. The highest BCUT2D eigenvalue weighted by Gasteiger charge is 2.10. The zero-order valence-corrected chi connectivity index (χ0v) is 15.4. The minimum Gasteiger partial charge on any atom is -0.507 e. The summed E-state index contributed by atoms with van der Waals surface area (Å²) in [4.78, 5) is 4.35. The van der Waals surface area contributed by atoms with Crippen LogP contribution in [0.15, 0.2) is 79.1 Å². The topological polar surface area (TPSA) is 49.7 Å². The fraction of sp³-hybridized carbons (Fsp3) is 0.125. The molecule has 0 saturated carbocycles. The van der Waals surface area contributed by atoms with Crippen molar-refractivity contribution < 1.29 is 10.4 Å². The molecular weight excluding hydrogens is 332 g/mol. The van der Waals surface area contributed by atoms with Gasteiger partial charge in [0.15, 0.2) is 0 Å². The maximum Gasteiger partial charge on any atom is 0.124 e. The SMILES string of the molecule is Cc1ccc(-c2ccc(C[NH2+]Cc3ccccc3O)c3cnccc23)cc1.